The predicted molar refractivity (Wildman–Crippen MR) is 72.3 cm³/mol. The number of hydrogen-bond acceptors (Lipinski definition) is 3. The first-order valence-corrected chi connectivity index (χ1v) is 6.02. The number of halogens is 1. The molecule has 4 heteroatoms. The Bertz CT molecular complexity index is 555. The smallest absolute Gasteiger partial charge is 0.242 e. The standard InChI is InChI=1S/C13H13BrN2O/c1-8-3-4-11(10(14)7-8)17-13-12(15)9(2)5-6-16-13/h3-7H,15H2,1-2H3. The molecule has 2 aromatic rings. The Kier molecular flexibility index (Phi) is 3.33. The first-order valence-electron chi connectivity index (χ1n) is 5.23. The van der Waals surface area contributed by atoms with E-state index in [2.05, 4.69) is 20.9 Å². The van der Waals surface area contributed by atoms with E-state index in [4.69, 9.17) is 10.5 Å². The van der Waals surface area contributed by atoms with Crippen molar-refractivity contribution >= 4 is 21.6 Å². The minimum Gasteiger partial charge on any atom is -0.436 e. The fourth-order valence-electron chi connectivity index (χ4n) is 1.42. The van der Waals surface area contributed by atoms with Crippen LogP contribution in [0.15, 0.2) is 34.9 Å². The van der Waals surface area contributed by atoms with Crippen molar-refractivity contribution in [1.82, 2.24) is 4.98 Å². The second kappa shape index (κ2) is 4.75. The number of aromatic nitrogens is 1. The van der Waals surface area contributed by atoms with Gasteiger partial charge in [-0.25, -0.2) is 4.98 Å². The molecule has 0 aliphatic carbocycles. The van der Waals surface area contributed by atoms with E-state index in [9.17, 15) is 0 Å². The van der Waals surface area contributed by atoms with Crippen LogP contribution >= 0.6 is 15.9 Å². The largest absolute Gasteiger partial charge is 0.436 e. The van der Waals surface area contributed by atoms with Crippen LogP contribution in [0.3, 0.4) is 0 Å². The van der Waals surface area contributed by atoms with Gasteiger partial charge in [-0.15, -0.1) is 0 Å². The number of benzene rings is 1. The molecule has 0 fully saturated rings. The van der Waals surface area contributed by atoms with E-state index in [-0.39, 0.29) is 0 Å². The predicted octanol–water partition coefficient (Wildman–Crippen LogP) is 3.84. The van der Waals surface area contributed by atoms with Crippen LogP contribution in [-0.4, -0.2) is 4.98 Å². The molecule has 1 aromatic carbocycles. The van der Waals surface area contributed by atoms with E-state index >= 15 is 0 Å². The first kappa shape index (κ1) is 11.9. The molecule has 2 rings (SSSR count). The van der Waals surface area contributed by atoms with Crippen LogP contribution in [0, 0.1) is 13.8 Å². The molecule has 0 saturated carbocycles. The highest BCUT2D eigenvalue weighted by Crippen LogP contribution is 2.32. The van der Waals surface area contributed by atoms with Crippen molar-refractivity contribution in [2.45, 2.75) is 13.8 Å². The topological polar surface area (TPSA) is 48.1 Å². The van der Waals surface area contributed by atoms with Gasteiger partial charge < -0.3 is 10.5 Å². The SMILES string of the molecule is Cc1ccc(Oc2nccc(C)c2N)c(Br)c1. The third-order valence-corrected chi connectivity index (χ3v) is 3.09. The Morgan fingerprint density at radius 1 is 1.24 bits per heavy atom. The summed E-state index contributed by atoms with van der Waals surface area (Å²) >= 11 is 3.45. The molecule has 17 heavy (non-hydrogen) atoms. The number of anilines is 1. The van der Waals surface area contributed by atoms with Crippen LogP contribution in [0.5, 0.6) is 11.6 Å². The van der Waals surface area contributed by atoms with Crippen molar-refractivity contribution in [3.05, 3.63) is 46.1 Å². The molecule has 0 spiro atoms. The summed E-state index contributed by atoms with van der Waals surface area (Å²) in [6.07, 6.45) is 1.68. The number of nitrogen functional groups attached to an aromatic ring is 1. The highest BCUT2D eigenvalue weighted by Gasteiger charge is 2.08. The number of pyridine rings is 1. The molecule has 3 nitrogen and oxygen atoms in total. The molecule has 0 radical (unpaired) electrons. The molecule has 0 aliphatic heterocycles. The minimum absolute atomic E-state index is 0.439. The molecule has 88 valence electrons. The molecule has 0 unspecified atom stereocenters. The van der Waals surface area contributed by atoms with Crippen molar-refractivity contribution in [3.63, 3.8) is 0 Å². The average Bonchev–Trinajstić information content (AvgIpc) is 2.28. The van der Waals surface area contributed by atoms with Gasteiger partial charge in [-0.05, 0) is 59.1 Å². The van der Waals surface area contributed by atoms with Crippen LogP contribution < -0.4 is 10.5 Å². The summed E-state index contributed by atoms with van der Waals surface area (Å²) in [5.41, 5.74) is 8.60. The number of aryl methyl sites for hydroxylation is 2. The Balaban J connectivity index is 2.35. The van der Waals surface area contributed by atoms with Crippen LogP contribution in [0.1, 0.15) is 11.1 Å². The fraction of sp³-hybridized carbons (Fsp3) is 0.154. The third-order valence-electron chi connectivity index (χ3n) is 2.47. The minimum atomic E-state index is 0.439. The van der Waals surface area contributed by atoms with Gasteiger partial charge in [0.1, 0.15) is 5.75 Å². The zero-order valence-corrected chi connectivity index (χ0v) is 11.3. The van der Waals surface area contributed by atoms with E-state index in [1.165, 1.54) is 0 Å². The monoisotopic (exact) mass is 292 g/mol. The quantitative estimate of drug-likeness (QED) is 0.915. The number of hydrogen-bond donors (Lipinski definition) is 1. The van der Waals surface area contributed by atoms with Crippen molar-refractivity contribution in [2.24, 2.45) is 0 Å². The molecular formula is C13H13BrN2O. The summed E-state index contributed by atoms with van der Waals surface area (Å²) in [6.45, 7) is 3.95. The fourth-order valence-corrected chi connectivity index (χ4v) is 1.99. The lowest BCUT2D eigenvalue weighted by atomic mass is 10.2. The molecule has 0 amide bonds. The molecule has 1 heterocycles. The molecule has 1 aromatic heterocycles. The number of ether oxygens (including phenoxy) is 1. The Hall–Kier alpha value is -1.55. The number of rotatable bonds is 2. The van der Waals surface area contributed by atoms with Gasteiger partial charge in [0.2, 0.25) is 5.88 Å². The van der Waals surface area contributed by atoms with Crippen molar-refractivity contribution in [1.29, 1.82) is 0 Å². The van der Waals surface area contributed by atoms with Gasteiger partial charge in [0.05, 0.1) is 10.2 Å². The first-order chi connectivity index (χ1) is 8.08. The number of nitrogens with two attached hydrogens (primary N) is 1. The van der Waals surface area contributed by atoms with E-state index in [0.29, 0.717) is 17.3 Å². The van der Waals surface area contributed by atoms with Gasteiger partial charge in [0.15, 0.2) is 0 Å². The Morgan fingerprint density at radius 3 is 2.71 bits per heavy atom. The summed E-state index contributed by atoms with van der Waals surface area (Å²) < 4.78 is 6.58. The Labute approximate surface area is 109 Å². The highest BCUT2D eigenvalue weighted by molar-refractivity contribution is 9.10. The van der Waals surface area contributed by atoms with Crippen LogP contribution in [-0.2, 0) is 0 Å². The Morgan fingerprint density at radius 2 is 2.00 bits per heavy atom. The maximum Gasteiger partial charge on any atom is 0.242 e. The number of nitrogens with zero attached hydrogens (tertiary/aromatic N) is 1. The normalized spacial score (nSPS) is 10.3. The zero-order chi connectivity index (χ0) is 12.4. The van der Waals surface area contributed by atoms with Gasteiger partial charge in [0.25, 0.3) is 0 Å². The van der Waals surface area contributed by atoms with Gasteiger partial charge in [-0.1, -0.05) is 6.07 Å². The highest BCUT2D eigenvalue weighted by atomic mass is 79.9. The zero-order valence-electron chi connectivity index (χ0n) is 9.70. The molecule has 0 bridgehead atoms. The summed E-state index contributed by atoms with van der Waals surface area (Å²) in [6, 6.07) is 7.71. The van der Waals surface area contributed by atoms with Crippen molar-refractivity contribution in [2.75, 3.05) is 5.73 Å². The third kappa shape index (κ3) is 2.58. The average molecular weight is 293 g/mol. The summed E-state index contributed by atoms with van der Waals surface area (Å²) in [7, 11) is 0. The summed E-state index contributed by atoms with van der Waals surface area (Å²) in [5.74, 6) is 1.15. The second-order valence-electron chi connectivity index (χ2n) is 3.88. The van der Waals surface area contributed by atoms with Crippen LogP contribution in [0.2, 0.25) is 0 Å². The lowest BCUT2D eigenvalue weighted by Gasteiger charge is -2.10. The van der Waals surface area contributed by atoms with E-state index in [1.54, 1.807) is 6.20 Å². The summed E-state index contributed by atoms with van der Waals surface area (Å²) in [4.78, 5) is 4.13. The molecule has 0 atom stereocenters. The van der Waals surface area contributed by atoms with Gasteiger partial charge >= 0.3 is 0 Å². The lowest BCUT2D eigenvalue weighted by Crippen LogP contribution is -1.97. The molecule has 2 N–H and O–H groups in total. The van der Waals surface area contributed by atoms with E-state index in [1.807, 2.05) is 38.1 Å². The molecular weight excluding hydrogens is 280 g/mol. The summed E-state index contributed by atoms with van der Waals surface area (Å²) in [5, 5.41) is 0. The second-order valence-corrected chi connectivity index (χ2v) is 4.74. The maximum atomic E-state index is 5.91. The molecule has 0 saturated heterocycles. The van der Waals surface area contributed by atoms with Crippen LogP contribution in [0.4, 0.5) is 5.69 Å². The van der Waals surface area contributed by atoms with Gasteiger partial charge in [0, 0.05) is 6.20 Å². The van der Waals surface area contributed by atoms with Crippen LogP contribution in [0.25, 0.3) is 0 Å². The molecule has 0 aliphatic rings. The van der Waals surface area contributed by atoms with Gasteiger partial charge in [-0.3, -0.25) is 0 Å². The maximum absolute atomic E-state index is 5.91. The van der Waals surface area contributed by atoms with Gasteiger partial charge in [-0.2, -0.15) is 0 Å². The lowest BCUT2D eigenvalue weighted by molar-refractivity contribution is 0.462. The van der Waals surface area contributed by atoms with Crippen molar-refractivity contribution < 1.29 is 4.74 Å². The van der Waals surface area contributed by atoms with E-state index in [0.717, 1.165) is 15.6 Å². The van der Waals surface area contributed by atoms with E-state index < -0.39 is 0 Å². The van der Waals surface area contributed by atoms with Crippen molar-refractivity contribution in [3.8, 4) is 11.6 Å².